The third-order valence-electron chi connectivity index (χ3n) is 4.25. The summed E-state index contributed by atoms with van der Waals surface area (Å²) >= 11 is 6.47. The van der Waals surface area contributed by atoms with Gasteiger partial charge < -0.3 is 4.57 Å². The van der Waals surface area contributed by atoms with Crippen LogP contribution in [0.25, 0.3) is 6.08 Å². The lowest BCUT2D eigenvalue weighted by molar-refractivity contribution is -0.136. The Morgan fingerprint density at radius 3 is 2.78 bits per heavy atom. The van der Waals surface area contributed by atoms with Crippen molar-refractivity contribution >= 4 is 46.2 Å². The fourth-order valence-electron chi connectivity index (χ4n) is 2.89. The smallest absolute Gasteiger partial charge is 0.285 e. The molecule has 5 nitrogen and oxygen atoms in total. The minimum atomic E-state index is -0.259. The van der Waals surface area contributed by atoms with E-state index >= 15 is 0 Å². The fraction of sp³-hybridized carbons (Fsp3) is 0.438. The third kappa shape index (κ3) is 3.50. The number of rotatable bonds is 3. The molecule has 122 valence electrons. The molecule has 1 aromatic rings. The number of aryl methyl sites for hydroxylation is 1. The lowest BCUT2D eigenvalue weighted by Crippen LogP contribution is -2.47. The monoisotopic (exact) mass is 349 g/mol. The molecule has 2 fully saturated rings. The molecule has 2 heterocycles. The van der Waals surface area contributed by atoms with Crippen molar-refractivity contribution in [1.82, 2.24) is 15.0 Å². The van der Waals surface area contributed by atoms with Gasteiger partial charge in [-0.05, 0) is 43.3 Å². The van der Waals surface area contributed by atoms with Crippen LogP contribution in [0.1, 0.15) is 37.8 Å². The van der Waals surface area contributed by atoms with Gasteiger partial charge in [-0.15, -0.1) is 0 Å². The second-order valence-corrected chi connectivity index (χ2v) is 7.55. The summed E-state index contributed by atoms with van der Waals surface area (Å²) in [6.45, 7) is 0. The minimum absolute atomic E-state index is 0.00902. The molecule has 0 radical (unpaired) electrons. The highest BCUT2D eigenvalue weighted by molar-refractivity contribution is 8.26. The average molecular weight is 349 g/mol. The van der Waals surface area contributed by atoms with Gasteiger partial charge in [0.05, 0.1) is 4.91 Å². The van der Waals surface area contributed by atoms with Crippen LogP contribution in [0, 0.1) is 5.92 Å². The highest BCUT2D eigenvalue weighted by Crippen LogP contribution is 2.32. The van der Waals surface area contributed by atoms with Gasteiger partial charge >= 0.3 is 0 Å². The highest BCUT2D eigenvalue weighted by Gasteiger charge is 2.35. The molecule has 2 aliphatic rings. The van der Waals surface area contributed by atoms with E-state index in [1.807, 2.05) is 29.9 Å². The van der Waals surface area contributed by atoms with E-state index in [1.54, 1.807) is 6.08 Å². The van der Waals surface area contributed by atoms with Crippen molar-refractivity contribution in [3.63, 3.8) is 0 Å². The van der Waals surface area contributed by atoms with Gasteiger partial charge in [-0.25, -0.2) is 0 Å². The quantitative estimate of drug-likeness (QED) is 0.673. The number of hydrogen-bond acceptors (Lipinski definition) is 4. The van der Waals surface area contributed by atoms with Gasteiger partial charge in [0.1, 0.15) is 0 Å². The number of carbonyl (C=O) groups excluding carboxylic acids is 2. The van der Waals surface area contributed by atoms with E-state index in [-0.39, 0.29) is 17.7 Å². The Morgan fingerprint density at radius 2 is 2.13 bits per heavy atom. The van der Waals surface area contributed by atoms with Crippen LogP contribution in [0.5, 0.6) is 0 Å². The minimum Gasteiger partial charge on any atom is -0.351 e. The van der Waals surface area contributed by atoms with Gasteiger partial charge in [-0.3, -0.25) is 15.0 Å². The Morgan fingerprint density at radius 1 is 1.39 bits per heavy atom. The van der Waals surface area contributed by atoms with Crippen molar-refractivity contribution in [2.24, 2.45) is 13.0 Å². The van der Waals surface area contributed by atoms with E-state index in [4.69, 9.17) is 12.2 Å². The summed E-state index contributed by atoms with van der Waals surface area (Å²) in [5.41, 5.74) is 3.63. The van der Waals surface area contributed by atoms with Gasteiger partial charge in [0.2, 0.25) is 5.91 Å². The van der Waals surface area contributed by atoms with Crippen LogP contribution in [0.3, 0.4) is 0 Å². The predicted molar refractivity (Wildman–Crippen MR) is 95.1 cm³/mol. The van der Waals surface area contributed by atoms with E-state index < -0.39 is 0 Å². The van der Waals surface area contributed by atoms with Crippen LogP contribution in [0.4, 0.5) is 0 Å². The molecular weight excluding hydrogens is 330 g/mol. The first-order valence-corrected chi connectivity index (χ1v) is 8.98. The Bertz CT molecular complexity index is 675. The first-order valence-electron chi connectivity index (χ1n) is 7.76. The molecule has 1 N–H and O–H groups in total. The molecular formula is C16H19N3O2S2. The van der Waals surface area contributed by atoms with Crippen LogP contribution < -0.4 is 5.43 Å². The Balaban J connectivity index is 1.70. The SMILES string of the molecule is Cn1cccc1/C=C1\SC(=S)N(NC(=O)C2CCCCC2)C1=O. The zero-order valence-corrected chi connectivity index (χ0v) is 14.6. The van der Waals surface area contributed by atoms with Gasteiger partial charge in [0.25, 0.3) is 5.91 Å². The van der Waals surface area contributed by atoms with Crippen molar-refractivity contribution in [3.8, 4) is 0 Å². The van der Waals surface area contributed by atoms with E-state index in [2.05, 4.69) is 5.43 Å². The number of hydrazine groups is 1. The molecule has 1 saturated heterocycles. The molecule has 1 aliphatic carbocycles. The zero-order chi connectivity index (χ0) is 16.4. The summed E-state index contributed by atoms with van der Waals surface area (Å²) in [5.74, 6) is -0.364. The highest BCUT2D eigenvalue weighted by atomic mass is 32.2. The molecule has 2 amide bonds. The number of nitrogens with one attached hydrogen (secondary N) is 1. The standard InChI is InChI=1S/C16H19N3O2S2/c1-18-9-5-8-12(18)10-13-15(21)19(16(22)23-13)17-14(20)11-6-3-2-4-7-11/h5,8-11H,2-4,6-7H2,1H3,(H,17,20)/b13-10-. The third-order valence-corrected chi connectivity index (χ3v) is 5.56. The van der Waals surface area contributed by atoms with Gasteiger partial charge in [-0.2, -0.15) is 5.01 Å². The summed E-state index contributed by atoms with van der Waals surface area (Å²) in [5, 5.41) is 1.21. The number of thiocarbonyl (C=S) groups is 1. The molecule has 1 aliphatic heterocycles. The summed E-state index contributed by atoms with van der Waals surface area (Å²) in [7, 11) is 1.91. The number of thioether (sulfide) groups is 1. The van der Waals surface area contributed by atoms with Crippen LogP contribution in [-0.4, -0.2) is 25.7 Å². The lowest BCUT2D eigenvalue weighted by Gasteiger charge is -2.23. The van der Waals surface area contributed by atoms with Crippen LogP contribution in [-0.2, 0) is 16.6 Å². The molecule has 0 bridgehead atoms. The van der Waals surface area contributed by atoms with E-state index in [9.17, 15) is 9.59 Å². The largest absolute Gasteiger partial charge is 0.351 e. The topological polar surface area (TPSA) is 54.3 Å². The number of carbonyl (C=O) groups is 2. The molecule has 23 heavy (non-hydrogen) atoms. The average Bonchev–Trinajstić information content (AvgIpc) is 3.07. The molecule has 1 aromatic heterocycles. The van der Waals surface area contributed by atoms with Crippen molar-refractivity contribution in [3.05, 3.63) is 28.9 Å². The fourth-order valence-corrected chi connectivity index (χ4v) is 4.05. The first-order chi connectivity index (χ1) is 11.1. The second kappa shape index (κ2) is 6.88. The van der Waals surface area contributed by atoms with E-state index in [0.29, 0.717) is 9.23 Å². The second-order valence-electron chi connectivity index (χ2n) is 5.87. The molecule has 7 heteroatoms. The zero-order valence-electron chi connectivity index (χ0n) is 12.9. The van der Waals surface area contributed by atoms with E-state index in [0.717, 1.165) is 31.4 Å². The number of amides is 2. The van der Waals surface area contributed by atoms with Crippen molar-refractivity contribution < 1.29 is 9.59 Å². The Hall–Kier alpha value is -1.60. The predicted octanol–water partition coefficient (Wildman–Crippen LogP) is 2.84. The number of nitrogens with zero attached hydrogens (tertiary/aromatic N) is 2. The van der Waals surface area contributed by atoms with Crippen molar-refractivity contribution in [2.75, 3.05) is 0 Å². The van der Waals surface area contributed by atoms with Gasteiger partial charge in [0, 0.05) is 24.9 Å². The number of hydrogen-bond donors (Lipinski definition) is 1. The molecule has 0 spiro atoms. The van der Waals surface area contributed by atoms with Crippen LogP contribution >= 0.6 is 24.0 Å². The first kappa shape index (κ1) is 16.3. The summed E-state index contributed by atoms with van der Waals surface area (Å²) in [6.07, 6.45) is 8.82. The van der Waals surface area contributed by atoms with E-state index in [1.165, 1.54) is 23.2 Å². The maximum absolute atomic E-state index is 12.5. The molecule has 0 unspecified atom stereocenters. The maximum atomic E-state index is 12.5. The van der Waals surface area contributed by atoms with Gasteiger partial charge in [0.15, 0.2) is 4.32 Å². The molecule has 0 atom stereocenters. The normalized spacial score (nSPS) is 21.3. The summed E-state index contributed by atoms with van der Waals surface area (Å²) < 4.78 is 2.30. The van der Waals surface area contributed by atoms with Gasteiger partial charge in [-0.1, -0.05) is 31.0 Å². The summed E-state index contributed by atoms with van der Waals surface area (Å²) in [6, 6.07) is 3.84. The van der Waals surface area contributed by atoms with Crippen molar-refractivity contribution in [2.45, 2.75) is 32.1 Å². The number of aromatic nitrogens is 1. The molecule has 1 saturated carbocycles. The lowest BCUT2D eigenvalue weighted by atomic mass is 9.89. The van der Waals surface area contributed by atoms with Crippen LogP contribution in [0.15, 0.2) is 23.2 Å². The Labute approximate surface area is 145 Å². The Kier molecular flexibility index (Phi) is 4.87. The van der Waals surface area contributed by atoms with Crippen LogP contribution in [0.2, 0.25) is 0 Å². The van der Waals surface area contributed by atoms with Crippen molar-refractivity contribution in [1.29, 1.82) is 0 Å². The molecule has 3 rings (SSSR count). The summed E-state index contributed by atoms with van der Waals surface area (Å²) in [4.78, 5) is 25.4. The maximum Gasteiger partial charge on any atom is 0.285 e. The molecule has 0 aromatic carbocycles.